The Kier molecular flexibility index (Phi) is 4.91. The van der Waals surface area contributed by atoms with Crippen LogP contribution in [0.15, 0.2) is 23.1 Å². The topological polar surface area (TPSA) is 64.3 Å². The number of carbonyl (C=O) groups is 1. The van der Waals surface area contributed by atoms with E-state index in [4.69, 9.17) is 5.11 Å². The molecule has 2 rings (SSSR count). The van der Waals surface area contributed by atoms with Crippen LogP contribution >= 0.6 is 11.8 Å². The molecule has 0 bridgehead atoms. The van der Waals surface area contributed by atoms with Crippen LogP contribution in [0.2, 0.25) is 0 Å². The van der Waals surface area contributed by atoms with E-state index in [0.29, 0.717) is 31.5 Å². The molecule has 4 nitrogen and oxygen atoms in total. The molecular formula is C15H18N2O2S. The van der Waals surface area contributed by atoms with Crippen LogP contribution < -0.4 is 4.90 Å². The highest BCUT2D eigenvalue weighted by molar-refractivity contribution is 7.99. The van der Waals surface area contributed by atoms with Crippen molar-refractivity contribution in [2.24, 2.45) is 5.92 Å². The Hall–Kier alpha value is -1.67. The van der Waals surface area contributed by atoms with Crippen LogP contribution in [0.1, 0.15) is 25.3 Å². The van der Waals surface area contributed by atoms with E-state index in [-0.39, 0.29) is 5.92 Å². The first-order valence-electron chi connectivity index (χ1n) is 6.81. The summed E-state index contributed by atoms with van der Waals surface area (Å²) in [5.41, 5.74) is 1.66. The fraction of sp³-hybridized carbons (Fsp3) is 0.467. The fourth-order valence-corrected chi connectivity index (χ4v) is 3.32. The van der Waals surface area contributed by atoms with E-state index >= 15 is 0 Å². The summed E-state index contributed by atoms with van der Waals surface area (Å²) in [6.07, 6.45) is 1.29. The lowest BCUT2D eigenvalue weighted by Gasteiger charge is -2.32. The number of carboxylic acid groups (broad SMARTS) is 1. The minimum atomic E-state index is -0.708. The van der Waals surface area contributed by atoms with Gasteiger partial charge < -0.3 is 10.0 Å². The molecule has 1 N–H and O–H groups in total. The van der Waals surface area contributed by atoms with Crippen LogP contribution in [-0.4, -0.2) is 29.9 Å². The van der Waals surface area contributed by atoms with Crippen molar-refractivity contribution >= 4 is 23.4 Å². The molecule has 1 fully saturated rings. The number of rotatable bonds is 4. The molecule has 0 amide bonds. The molecule has 1 aromatic rings. The highest BCUT2D eigenvalue weighted by atomic mass is 32.2. The molecule has 1 aliphatic heterocycles. The molecule has 0 radical (unpaired) electrons. The summed E-state index contributed by atoms with van der Waals surface area (Å²) < 4.78 is 0. The second-order valence-electron chi connectivity index (χ2n) is 4.79. The third-order valence-corrected chi connectivity index (χ3v) is 4.54. The monoisotopic (exact) mass is 290 g/mol. The maximum atomic E-state index is 11.0. The highest BCUT2D eigenvalue weighted by Crippen LogP contribution is 2.32. The van der Waals surface area contributed by atoms with Crippen LogP contribution in [-0.2, 0) is 4.79 Å². The second-order valence-corrected chi connectivity index (χ2v) is 6.10. The molecule has 1 heterocycles. The number of aliphatic carboxylic acids is 1. The van der Waals surface area contributed by atoms with Gasteiger partial charge in [-0.2, -0.15) is 5.26 Å². The number of hydrogen-bond acceptors (Lipinski definition) is 4. The molecule has 0 unspecified atom stereocenters. The SMILES string of the molecule is CCSc1cccc(N2CCC(C(=O)O)CC2)c1C#N. The zero-order valence-electron chi connectivity index (χ0n) is 11.5. The van der Waals surface area contributed by atoms with Crippen LogP contribution in [0.3, 0.4) is 0 Å². The lowest BCUT2D eigenvalue weighted by molar-refractivity contribution is -0.142. The molecule has 0 aromatic heterocycles. The summed E-state index contributed by atoms with van der Waals surface area (Å²) in [6.45, 7) is 3.47. The number of piperidine rings is 1. The average Bonchev–Trinajstić information content (AvgIpc) is 2.47. The van der Waals surface area contributed by atoms with Crippen LogP contribution in [0.25, 0.3) is 0 Å². The number of benzene rings is 1. The lowest BCUT2D eigenvalue weighted by Crippen LogP contribution is -2.36. The summed E-state index contributed by atoms with van der Waals surface area (Å²) in [7, 11) is 0. The largest absolute Gasteiger partial charge is 0.481 e. The van der Waals surface area contributed by atoms with Crippen LogP contribution in [0, 0.1) is 17.2 Å². The normalized spacial score (nSPS) is 15.9. The van der Waals surface area contributed by atoms with Gasteiger partial charge in [-0.05, 0) is 30.7 Å². The van der Waals surface area contributed by atoms with E-state index in [9.17, 15) is 10.1 Å². The van der Waals surface area contributed by atoms with Gasteiger partial charge in [0.05, 0.1) is 17.2 Å². The van der Waals surface area contributed by atoms with Crippen molar-refractivity contribution in [2.45, 2.75) is 24.7 Å². The first-order valence-corrected chi connectivity index (χ1v) is 7.79. The van der Waals surface area contributed by atoms with Gasteiger partial charge in [-0.25, -0.2) is 0 Å². The van der Waals surface area contributed by atoms with Crippen LogP contribution in [0.4, 0.5) is 5.69 Å². The summed E-state index contributed by atoms with van der Waals surface area (Å²) in [5.74, 6) is -0.0235. The predicted octanol–water partition coefficient (Wildman–Crippen LogP) is 2.97. The van der Waals surface area contributed by atoms with Crippen molar-refractivity contribution in [3.05, 3.63) is 23.8 Å². The molecule has 1 aromatic carbocycles. The molecule has 0 aliphatic carbocycles. The first-order chi connectivity index (χ1) is 9.67. The predicted molar refractivity (Wildman–Crippen MR) is 80.1 cm³/mol. The van der Waals surface area contributed by atoms with Gasteiger partial charge in [0.25, 0.3) is 0 Å². The van der Waals surface area contributed by atoms with Gasteiger partial charge in [-0.1, -0.05) is 13.0 Å². The molecule has 1 aliphatic rings. The Morgan fingerprint density at radius 2 is 2.20 bits per heavy atom. The van der Waals surface area contributed by atoms with Gasteiger partial charge in [0.1, 0.15) is 6.07 Å². The molecule has 5 heteroatoms. The number of thioether (sulfide) groups is 1. The van der Waals surface area contributed by atoms with E-state index < -0.39 is 5.97 Å². The average molecular weight is 290 g/mol. The molecule has 0 spiro atoms. The first kappa shape index (κ1) is 14.7. The molecule has 106 valence electrons. The van der Waals surface area contributed by atoms with Crippen molar-refractivity contribution in [1.82, 2.24) is 0 Å². The third-order valence-electron chi connectivity index (χ3n) is 3.60. The third kappa shape index (κ3) is 3.07. The van der Waals surface area contributed by atoms with Crippen molar-refractivity contribution < 1.29 is 9.90 Å². The molecular weight excluding hydrogens is 272 g/mol. The molecule has 0 atom stereocenters. The van der Waals surface area contributed by atoms with Gasteiger partial charge in [0.15, 0.2) is 0 Å². The van der Waals surface area contributed by atoms with E-state index in [0.717, 1.165) is 16.3 Å². The quantitative estimate of drug-likeness (QED) is 0.864. The second kappa shape index (κ2) is 6.67. The van der Waals surface area contributed by atoms with E-state index in [2.05, 4.69) is 17.9 Å². The molecule has 1 saturated heterocycles. The Bertz CT molecular complexity index is 531. The highest BCUT2D eigenvalue weighted by Gasteiger charge is 2.26. The smallest absolute Gasteiger partial charge is 0.306 e. The standard InChI is InChI=1S/C15H18N2O2S/c1-2-20-14-5-3-4-13(12(14)10-16)17-8-6-11(7-9-17)15(18)19/h3-5,11H,2,6-9H2,1H3,(H,18,19). The zero-order chi connectivity index (χ0) is 14.5. The number of hydrogen-bond donors (Lipinski definition) is 1. The molecule has 20 heavy (non-hydrogen) atoms. The lowest BCUT2D eigenvalue weighted by atomic mass is 9.96. The maximum Gasteiger partial charge on any atom is 0.306 e. The molecule has 0 saturated carbocycles. The Morgan fingerprint density at radius 1 is 1.50 bits per heavy atom. The Labute approximate surface area is 123 Å². The van der Waals surface area contributed by atoms with Crippen molar-refractivity contribution in [1.29, 1.82) is 5.26 Å². The van der Waals surface area contributed by atoms with Gasteiger partial charge in [0, 0.05) is 18.0 Å². The number of nitrogens with zero attached hydrogens (tertiary/aromatic N) is 2. The van der Waals surface area contributed by atoms with E-state index in [1.54, 1.807) is 11.8 Å². The van der Waals surface area contributed by atoms with Crippen molar-refractivity contribution in [2.75, 3.05) is 23.7 Å². The van der Waals surface area contributed by atoms with Gasteiger partial charge in [0.2, 0.25) is 0 Å². The summed E-state index contributed by atoms with van der Waals surface area (Å²) in [6, 6.07) is 8.20. The Morgan fingerprint density at radius 3 is 2.75 bits per heavy atom. The van der Waals surface area contributed by atoms with Crippen molar-refractivity contribution in [3.8, 4) is 6.07 Å². The van der Waals surface area contributed by atoms with Crippen molar-refractivity contribution in [3.63, 3.8) is 0 Å². The van der Waals surface area contributed by atoms with Gasteiger partial charge in [-0.3, -0.25) is 4.79 Å². The minimum Gasteiger partial charge on any atom is -0.481 e. The minimum absolute atomic E-state index is 0.245. The Balaban J connectivity index is 2.20. The number of nitriles is 1. The van der Waals surface area contributed by atoms with Crippen LogP contribution in [0.5, 0.6) is 0 Å². The number of carboxylic acids is 1. The summed E-state index contributed by atoms with van der Waals surface area (Å²) >= 11 is 1.67. The van der Waals surface area contributed by atoms with E-state index in [1.807, 2.05) is 18.2 Å². The van der Waals surface area contributed by atoms with Gasteiger partial charge >= 0.3 is 5.97 Å². The van der Waals surface area contributed by atoms with Gasteiger partial charge in [-0.15, -0.1) is 11.8 Å². The zero-order valence-corrected chi connectivity index (χ0v) is 12.3. The maximum absolute atomic E-state index is 11.0. The summed E-state index contributed by atoms with van der Waals surface area (Å²) in [4.78, 5) is 14.1. The number of anilines is 1. The van der Waals surface area contributed by atoms with E-state index in [1.165, 1.54) is 0 Å². The summed E-state index contributed by atoms with van der Waals surface area (Å²) in [5, 5.41) is 18.4. The fourth-order valence-electron chi connectivity index (χ4n) is 2.54.